The van der Waals surface area contributed by atoms with Gasteiger partial charge in [-0.25, -0.2) is 4.98 Å². The normalized spacial score (nSPS) is 23.6. The Balaban J connectivity index is 1.39. The van der Waals surface area contributed by atoms with Crippen LogP contribution in [0.3, 0.4) is 0 Å². The molecule has 0 radical (unpaired) electrons. The maximum absolute atomic E-state index is 13.0. The third kappa shape index (κ3) is 3.19. The minimum absolute atomic E-state index is 0.138. The van der Waals surface area contributed by atoms with Crippen LogP contribution in [-0.2, 0) is 9.59 Å². The van der Waals surface area contributed by atoms with Crippen LogP contribution in [0.2, 0.25) is 0 Å². The van der Waals surface area contributed by atoms with E-state index in [1.807, 2.05) is 24.3 Å². The van der Waals surface area contributed by atoms with E-state index in [2.05, 4.69) is 17.2 Å². The van der Waals surface area contributed by atoms with Gasteiger partial charge in [-0.05, 0) is 55.5 Å². The number of thiazole rings is 1. The summed E-state index contributed by atoms with van der Waals surface area (Å²) >= 11 is 1.40. The molecular weight excluding hydrogens is 398 g/mol. The number of hydrogen-bond acceptors (Lipinski definition) is 5. The molecule has 7 heteroatoms. The van der Waals surface area contributed by atoms with Gasteiger partial charge >= 0.3 is 0 Å². The lowest BCUT2D eigenvalue weighted by Crippen LogP contribution is -2.31. The van der Waals surface area contributed by atoms with Crippen molar-refractivity contribution < 1.29 is 14.4 Å². The van der Waals surface area contributed by atoms with Gasteiger partial charge in [0.1, 0.15) is 0 Å². The highest BCUT2D eigenvalue weighted by Gasteiger charge is 2.50. The molecule has 3 aromatic rings. The number of nitrogens with one attached hydrogen (secondary N) is 1. The molecule has 0 spiro atoms. The number of anilines is 2. The van der Waals surface area contributed by atoms with Gasteiger partial charge < -0.3 is 0 Å². The fourth-order valence-corrected chi connectivity index (χ4v) is 5.39. The zero-order valence-electron chi connectivity index (χ0n) is 16.5. The molecule has 6 nitrogen and oxygen atoms in total. The van der Waals surface area contributed by atoms with Crippen molar-refractivity contribution in [3.63, 3.8) is 0 Å². The Morgan fingerprint density at radius 3 is 2.70 bits per heavy atom. The second-order valence-corrected chi connectivity index (χ2v) is 9.16. The summed E-state index contributed by atoms with van der Waals surface area (Å²) in [5, 5.41) is 3.34. The number of para-hydroxylation sites is 1. The summed E-state index contributed by atoms with van der Waals surface area (Å²) in [6, 6.07) is 14.4. The molecule has 2 fully saturated rings. The van der Waals surface area contributed by atoms with Crippen LogP contribution in [0, 0.1) is 17.8 Å². The number of rotatable bonds is 3. The van der Waals surface area contributed by atoms with Crippen LogP contribution < -0.4 is 10.2 Å². The Hall–Kier alpha value is -3.06. The fourth-order valence-electron chi connectivity index (χ4n) is 4.53. The van der Waals surface area contributed by atoms with Crippen LogP contribution in [-0.4, -0.2) is 22.7 Å². The molecule has 1 aliphatic heterocycles. The van der Waals surface area contributed by atoms with Gasteiger partial charge in [-0.2, -0.15) is 0 Å². The van der Waals surface area contributed by atoms with Gasteiger partial charge in [0, 0.05) is 5.56 Å². The minimum Gasteiger partial charge on any atom is -0.298 e. The molecule has 3 amide bonds. The summed E-state index contributed by atoms with van der Waals surface area (Å²) in [5.74, 6) is -0.605. The van der Waals surface area contributed by atoms with Gasteiger partial charge in [-0.15, -0.1) is 0 Å². The van der Waals surface area contributed by atoms with E-state index in [1.54, 1.807) is 24.3 Å². The molecule has 30 heavy (non-hydrogen) atoms. The molecule has 1 N–H and O–H groups in total. The number of amides is 3. The van der Waals surface area contributed by atoms with E-state index in [9.17, 15) is 14.4 Å². The predicted octanol–water partition coefficient (Wildman–Crippen LogP) is 4.47. The van der Waals surface area contributed by atoms with Gasteiger partial charge in [0.25, 0.3) is 5.91 Å². The fraction of sp³-hybridized carbons (Fsp3) is 0.304. The quantitative estimate of drug-likeness (QED) is 0.635. The monoisotopic (exact) mass is 419 g/mol. The summed E-state index contributed by atoms with van der Waals surface area (Å²) in [4.78, 5) is 44.4. The lowest BCUT2D eigenvalue weighted by Gasteiger charge is -2.25. The van der Waals surface area contributed by atoms with Crippen LogP contribution in [0.15, 0.2) is 48.5 Å². The maximum Gasteiger partial charge on any atom is 0.257 e. The number of imide groups is 1. The number of carbonyl (C=O) groups excluding carboxylic acids is 3. The van der Waals surface area contributed by atoms with E-state index in [0.717, 1.165) is 29.5 Å². The van der Waals surface area contributed by atoms with Crippen molar-refractivity contribution in [3.05, 3.63) is 54.1 Å². The molecule has 2 heterocycles. The van der Waals surface area contributed by atoms with Crippen LogP contribution in [0.4, 0.5) is 10.8 Å². The van der Waals surface area contributed by atoms with Crippen molar-refractivity contribution in [2.75, 3.05) is 10.2 Å². The molecular formula is C23H21N3O3S. The van der Waals surface area contributed by atoms with Gasteiger partial charge in [0.15, 0.2) is 5.13 Å². The Morgan fingerprint density at radius 2 is 1.87 bits per heavy atom. The summed E-state index contributed by atoms with van der Waals surface area (Å²) in [5.41, 5.74) is 1.68. The topological polar surface area (TPSA) is 79.4 Å². The second kappa shape index (κ2) is 7.32. The predicted molar refractivity (Wildman–Crippen MR) is 117 cm³/mol. The van der Waals surface area contributed by atoms with Crippen LogP contribution in [0.5, 0.6) is 0 Å². The average Bonchev–Trinajstić information content (AvgIpc) is 3.26. The Morgan fingerprint density at radius 1 is 1.07 bits per heavy atom. The Labute approximate surface area is 177 Å². The van der Waals surface area contributed by atoms with Crippen molar-refractivity contribution in [3.8, 4) is 0 Å². The van der Waals surface area contributed by atoms with E-state index in [4.69, 9.17) is 0 Å². The van der Waals surface area contributed by atoms with Crippen LogP contribution in [0.25, 0.3) is 10.2 Å². The number of nitrogens with zero attached hydrogens (tertiary/aromatic N) is 2. The SMILES string of the molecule is C[C@@H]1CC[C@@H]2C(=O)N(c3cccc(C(=O)Nc4nc5ccccc5s4)c3)C(=O)[C@H]2C1. The lowest BCUT2D eigenvalue weighted by molar-refractivity contribution is -0.122. The summed E-state index contributed by atoms with van der Waals surface area (Å²) < 4.78 is 0.992. The van der Waals surface area contributed by atoms with Crippen LogP contribution >= 0.6 is 11.3 Å². The molecule has 1 aromatic heterocycles. The second-order valence-electron chi connectivity index (χ2n) is 8.13. The van der Waals surface area contributed by atoms with Crippen LogP contribution in [0.1, 0.15) is 36.5 Å². The minimum atomic E-state index is -0.318. The first-order valence-electron chi connectivity index (χ1n) is 10.2. The summed E-state index contributed by atoms with van der Waals surface area (Å²) in [7, 11) is 0. The zero-order valence-corrected chi connectivity index (χ0v) is 17.3. The van der Waals surface area contributed by atoms with E-state index >= 15 is 0 Å². The molecule has 5 rings (SSSR count). The van der Waals surface area contributed by atoms with Gasteiger partial charge in [-0.3, -0.25) is 24.6 Å². The summed E-state index contributed by atoms with van der Waals surface area (Å²) in [6.45, 7) is 2.13. The molecule has 3 atom stereocenters. The van der Waals surface area contributed by atoms with Crippen molar-refractivity contribution >= 4 is 50.1 Å². The van der Waals surface area contributed by atoms with Crippen molar-refractivity contribution in [1.82, 2.24) is 4.98 Å². The molecule has 2 aliphatic rings. The third-order valence-corrected chi connectivity index (χ3v) is 7.02. The van der Waals surface area contributed by atoms with Gasteiger partial charge in [0.05, 0.1) is 27.7 Å². The third-order valence-electron chi connectivity index (χ3n) is 6.07. The highest BCUT2D eigenvalue weighted by atomic mass is 32.1. The number of aromatic nitrogens is 1. The first kappa shape index (κ1) is 18.9. The molecule has 0 unspecified atom stereocenters. The molecule has 1 saturated carbocycles. The number of fused-ring (bicyclic) bond motifs is 2. The van der Waals surface area contributed by atoms with E-state index in [-0.39, 0.29) is 29.6 Å². The highest BCUT2D eigenvalue weighted by molar-refractivity contribution is 7.22. The zero-order chi connectivity index (χ0) is 20.8. The van der Waals surface area contributed by atoms with Crippen molar-refractivity contribution in [2.45, 2.75) is 26.2 Å². The highest BCUT2D eigenvalue weighted by Crippen LogP contribution is 2.42. The lowest BCUT2D eigenvalue weighted by atomic mass is 9.76. The standard InChI is InChI=1S/C23H21N3O3S/c1-13-9-10-16-17(11-13)22(29)26(21(16)28)15-6-4-5-14(12-15)20(27)25-23-24-18-7-2-3-8-19(18)30-23/h2-8,12-13,16-17H,9-11H2,1H3,(H,24,25,27)/t13-,16+,17+/m1/s1. The largest absolute Gasteiger partial charge is 0.298 e. The van der Waals surface area contributed by atoms with E-state index in [0.29, 0.717) is 22.3 Å². The summed E-state index contributed by atoms with van der Waals surface area (Å²) in [6.07, 6.45) is 2.48. The first-order valence-corrected chi connectivity index (χ1v) is 11.0. The first-order chi connectivity index (χ1) is 14.5. The average molecular weight is 420 g/mol. The maximum atomic E-state index is 13.0. The molecule has 1 saturated heterocycles. The smallest absolute Gasteiger partial charge is 0.257 e. The van der Waals surface area contributed by atoms with E-state index in [1.165, 1.54) is 16.2 Å². The molecule has 1 aliphatic carbocycles. The van der Waals surface area contributed by atoms with Gasteiger partial charge in [-0.1, -0.05) is 36.5 Å². The van der Waals surface area contributed by atoms with Crippen molar-refractivity contribution in [2.24, 2.45) is 17.8 Å². The number of benzene rings is 2. The Bertz CT molecular complexity index is 1140. The van der Waals surface area contributed by atoms with Crippen molar-refractivity contribution in [1.29, 1.82) is 0 Å². The molecule has 152 valence electrons. The van der Waals surface area contributed by atoms with E-state index < -0.39 is 0 Å². The molecule has 0 bridgehead atoms. The Kier molecular flexibility index (Phi) is 4.62. The van der Waals surface area contributed by atoms with Gasteiger partial charge in [0.2, 0.25) is 11.8 Å². The molecule has 2 aromatic carbocycles. The number of carbonyl (C=O) groups is 3. The number of hydrogen-bond donors (Lipinski definition) is 1.